The van der Waals surface area contributed by atoms with Crippen LogP contribution in [0.25, 0.3) is 50.4 Å². The van der Waals surface area contributed by atoms with Gasteiger partial charge in [0, 0.05) is 52.7 Å². The lowest BCUT2D eigenvalue weighted by molar-refractivity contribution is -0.136. The third-order valence-electron chi connectivity index (χ3n) is 14.3. The first kappa shape index (κ1) is 59.7. The van der Waals surface area contributed by atoms with E-state index in [0.717, 1.165) is 103 Å². The van der Waals surface area contributed by atoms with E-state index in [1.54, 1.807) is 24.3 Å². The number of aldehydes is 1. The summed E-state index contributed by atoms with van der Waals surface area (Å²) in [5.74, 6) is -2.11. The van der Waals surface area contributed by atoms with Crippen molar-refractivity contribution in [2.75, 3.05) is 28.4 Å². The van der Waals surface area contributed by atoms with Crippen molar-refractivity contribution in [2.45, 2.75) is 135 Å². The Morgan fingerprint density at radius 1 is 0.658 bits per heavy atom. The predicted molar refractivity (Wildman–Crippen MR) is 301 cm³/mol. The fourth-order valence-corrected chi connectivity index (χ4v) is 11.6. The molecule has 0 saturated heterocycles. The molecule has 1 aliphatic heterocycles. The highest BCUT2D eigenvalue weighted by molar-refractivity contribution is 7.59. The van der Waals surface area contributed by atoms with Crippen molar-refractivity contribution in [1.29, 1.82) is 0 Å². The molecule has 2 aliphatic carbocycles. The van der Waals surface area contributed by atoms with Crippen molar-refractivity contribution < 1.29 is 65.3 Å². The molecule has 2 saturated carbocycles. The molecule has 9 rings (SSSR count). The fraction of sp³-hybridized carbons (Fsp3) is 0.403. The number of carbonyl (C=O) groups excluding carboxylic acids is 5. The summed E-state index contributed by atoms with van der Waals surface area (Å²) in [7, 11) is 1.32. The van der Waals surface area contributed by atoms with Gasteiger partial charge in [-0.2, -0.15) is 0 Å². The average Bonchev–Trinajstić information content (AvgIpc) is 3.93. The largest absolute Gasteiger partial charge is 0.466 e. The monoisotopic (exact) mass is 1100 g/mol. The number of aromatic nitrogens is 2. The third-order valence-corrected chi connectivity index (χ3v) is 16.1. The molecule has 0 radical (unpaired) electrons. The second-order valence-electron chi connectivity index (χ2n) is 22.0. The number of esters is 4. The number of methoxy groups -OCH3 is 2. The molecule has 79 heavy (non-hydrogen) atoms. The maximum atomic E-state index is 14.3. The Morgan fingerprint density at radius 3 is 1.72 bits per heavy atom. The van der Waals surface area contributed by atoms with Gasteiger partial charge in [0.15, 0.2) is 6.29 Å². The second-order valence-corrected chi connectivity index (χ2v) is 24.2. The van der Waals surface area contributed by atoms with Gasteiger partial charge < -0.3 is 37.5 Å². The Balaban J connectivity index is 0.000000192. The van der Waals surface area contributed by atoms with E-state index >= 15 is 0 Å². The molecule has 3 heterocycles. The van der Waals surface area contributed by atoms with Crippen molar-refractivity contribution in [3.63, 3.8) is 0 Å². The van der Waals surface area contributed by atoms with E-state index in [9.17, 15) is 37.3 Å². The normalized spacial score (nSPS) is 15.0. The summed E-state index contributed by atoms with van der Waals surface area (Å²) < 4.78 is 71.1. The molecule has 0 amide bonds. The number of aromatic amines is 1. The minimum Gasteiger partial charge on any atom is -0.466 e. The van der Waals surface area contributed by atoms with E-state index in [1.807, 2.05) is 71.9 Å². The smallest absolute Gasteiger partial charge is 0.367 e. The Labute approximate surface area is 460 Å². The molecule has 0 spiro atoms. The van der Waals surface area contributed by atoms with Gasteiger partial charge in [0.1, 0.15) is 28.2 Å². The lowest BCUT2D eigenvalue weighted by Gasteiger charge is -2.24. The minimum absolute atomic E-state index is 0.263. The van der Waals surface area contributed by atoms with Gasteiger partial charge in [-0.15, -0.1) is 0 Å². The minimum atomic E-state index is -3.51. The molecule has 0 unspecified atom stereocenters. The van der Waals surface area contributed by atoms with Gasteiger partial charge >= 0.3 is 31.5 Å². The molecule has 14 nitrogen and oxygen atoms in total. The summed E-state index contributed by atoms with van der Waals surface area (Å²) in [6, 6.07) is 20.3. The SMILES string of the molecule is C=C(C(=O)OC)P(=O)(OC)OC.CC(C)(C)OC(=O)c1ccc2c(C3CCCCC3)c(-c3ccc(F)cc3C=O)[nH]c2c1.COC(=O)C1=Cc2cc(F)ccc2-c2c(C3CCCCC3)c3ccc(C(=O)OC(C)(C)C)cc3n2C1. The molecule has 3 aliphatic rings. The molecule has 4 aromatic carbocycles. The number of nitrogens with zero attached hydrogens (tertiary/aromatic N) is 1. The second kappa shape index (κ2) is 25.0. The summed E-state index contributed by atoms with van der Waals surface area (Å²) in [5, 5.41) is 1.79. The van der Waals surface area contributed by atoms with Gasteiger partial charge in [0.2, 0.25) is 0 Å². The van der Waals surface area contributed by atoms with Crippen LogP contribution in [-0.2, 0) is 48.7 Å². The van der Waals surface area contributed by atoms with Crippen molar-refractivity contribution in [1.82, 2.24) is 9.55 Å². The maximum Gasteiger partial charge on any atom is 0.367 e. The van der Waals surface area contributed by atoms with Crippen LogP contribution >= 0.6 is 7.60 Å². The van der Waals surface area contributed by atoms with Gasteiger partial charge in [-0.3, -0.25) is 9.36 Å². The van der Waals surface area contributed by atoms with E-state index in [0.29, 0.717) is 51.5 Å². The number of hydrogen-bond acceptors (Lipinski definition) is 12. The van der Waals surface area contributed by atoms with E-state index in [4.69, 9.17) is 14.2 Å². The van der Waals surface area contributed by atoms with Crippen LogP contribution in [0.4, 0.5) is 8.78 Å². The summed E-state index contributed by atoms with van der Waals surface area (Å²) in [5.41, 5.74) is 8.59. The number of ether oxygens (including phenoxy) is 4. The van der Waals surface area contributed by atoms with Crippen LogP contribution in [-0.4, -0.2) is 79.4 Å². The number of benzene rings is 4. The zero-order valence-corrected chi connectivity index (χ0v) is 47.7. The highest BCUT2D eigenvalue weighted by Gasteiger charge is 2.34. The van der Waals surface area contributed by atoms with Gasteiger partial charge in [-0.05, 0) is 162 Å². The standard InChI is InChI=1S/C30H32FNO4.C26H28FNO3.C6H11O5P/c1-30(2,3)36-29(34)19-10-12-24-25(16-19)32-17-21(28(33)35-4)14-20-15-22(31)11-13-23(20)27(32)26(24)18-8-6-5-7-9-18;1-26(2,3)31-25(30)17-9-11-21-22(14-17)28-24(23(21)16-7-5-4-6-8-16)20-12-10-19(27)13-18(20)15-29;1-5(6(7)9-2)12(8,10-3)11-4/h10-16,18H,5-9,17H2,1-4H3;9-16,28H,4-8H2,1-3H3;1H2,2-4H3. The van der Waals surface area contributed by atoms with Crippen LogP contribution in [0.15, 0.2) is 90.3 Å². The first-order valence-corrected chi connectivity index (χ1v) is 28.1. The highest BCUT2D eigenvalue weighted by Crippen LogP contribution is 2.54. The number of H-pyrrole nitrogens is 1. The zero-order chi connectivity index (χ0) is 57.6. The Morgan fingerprint density at radius 2 is 1.19 bits per heavy atom. The van der Waals surface area contributed by atoms with Crippen molar-refractivity contribution >= 4 is 65.6 Å². The summed E-state index contributed by atoms with van der Waals surface area (Å²) in [6.45, 7) is 14.6. The van der Waals surface area contributed by atoms with Crippen LogP contribution in [0, 0.1) is 11.6 Å². The van der Waals surface area contributed by atoms with E-state index in [2.05, 4.69) is 29.9 Å². The molecule has 17 heteroatoms. The molecular formula is C62H71F2N2O12P. The van der Waals surface area contributed by atoms with Gasteiger partial charge in [-0.1, -0.05) is 57.2 Å². The van der Waals surface area contributed by atoms with E-state index in [1.165, 1.54) is 64.0 Å². The number of nitrogens with one attached hydrogen (secondary N) is 1. The van der Waals surface area contributed by atoms with Crippen LogP contribution < -0.4 is 0 Å². The van der Waals surface area contributed by atoms with Crippen LogP contribution in [0.5, 0.6) is 0 Å². The quantitative estimate of drug-likeness (QED) is 0.0427. The maximum absolute atomic E-state index is 14.3. The summed E-state index contributed by atoms with van der Waals surface area (Å²) >= 11 is 0. The fourth-order valence-electron chi connectivity index (χ4n) is 10.7. The van der Waals surface area contributed by atoms with Crippen LogP contribution in [0.2, 0.25) is 0 Å². The lowest BCUT2D eigenvalue weighted by Crippen LogP contribution is -2.23. The average molecular weight is 1110 g/mol. The van der Waals surface area contributed by atoms with E-state index in [-0.39, 0.29) is 29.6 Å². The Bertz CT molecular complexity index is 3370. The number of halogens is 2. The Hall–Kier alpha value is -7.00. The summed E-state index contributed by atoms with van der Waals surface area (Å²) in [6.07, 6.45) is 13.8. The Kier molecular flexibility index (Phi) is 18.9. The van der Waals surface area contributed by atoms with Crippen molar-refractivity contribution in [3.8, 4) is 22.5 Å². The van der Waals surface area contributed by atoms with E-state index < -0.39 is 36.6 Å². The van der Waals surface area contributed by atoms with Crippen molar-refractivity contribution in [3.05, 3.63) is 135 Å². The number of hydrogen-bond donors (Lipinski definition) is 1. The lowest BCUT2D eigenvalue weighted by atomic mass is 9.81. The molecule has 0 bridgehead atoms. The molecule has 2 aromatic heterocycles. The number of carbonyl (C=O) groups is 5. The molecule has 2 fully saturated rings. The topological polar surface area (TPSA) is 179 Å². The first-order valence-electron chi connectivity index (χ1n) is 26.6. The predicted octanol–water partition coefficient (Wildman–Crippen LogP) is 15.0. The van der Waals surface area contributed by atoms with Gasteiger partial charge in [0.25, 0.3) is 0 Å². The van der Waals surface area contributed by atoms with Crippen molar-refractivity contribution in [2.24, 2.45) is 0 Å². The summed E-state index contributed by atoms with van der Waals surface area (Å²) in [4.78, 5) is 64.2. The van der Waals surface area contributed by atoms with Gasteiger partial charge in [-0.25, -0.2) is 28.0 Å². The van der Waals surface area contributed by atoms with Crippen LogP contribution in [0.1, 0.15) is 165 Å². The number of fused-ring (bicyclic) bond motifs is 6. The highest BCUT2D eigenvalue weighted by atomic mass is 31.2. The first-order chi connectivity index (χ1) is 37.4. The molecule has 420 valence electrons. The molecule has 1 N–H and O–H groups in total. The molecular weight excluding hydrogens is 1030 g/mol. The molecule has 6 aromatic rings. The van der Waals surface area contributed by atoms with Crippen LogP contribution in [0.3, 0.4) is 0 Å². The van der Waals surface area contributed by atoms with Gasteiger partial charge in [0.05, 0.1) is 48.9 Å². The third kappa shape index (κ3) is 13.7. The number of rotatable bonds is 11. The zero-order valence-electron chi connectivity index (χ0n) is 46.8. The molecule has 0 atom stereocenters.